The molecule has 2 N–H and O–H groups in total. The Kier molecular flexibility index (Phi) is 3.93. The van der Waals surface area contributed by atoms with Crippen LogP contribution in [0.3, 0.4) is 0 Å². The number of aromatic nitrogens is 1. The van der Waals surface area contributed by atoms with Gasteiger partial charge in [-0.05, 0) is 79.0 Å². The van der Waals surface area contributed by atoms with Crippen LogP contribution < -0.4 is 5.73 Å². The van der Waals surface area contributed by atoms with E-state index in [1.165, 1.54) is 28.2 Å². The molecule has 0 aliphatic carbocycles. The van der Waals surface area contributed by atoms with Crippen molar-refractivity contribution in [3.05, 3.63) is 51.3 Å². The van der Waals surface area contributed by atoms with Crippen LogP contribution in [0.5, 0.6) is 0 Å². The zero-order valence-electron chi connectivity index (χ0n) is 11.1. The number of aryl methyl sites for hydroxylation is 2. The molecule has 2 nitrogen and oxygen atoms in total. The van der Waals surface area contributed by atoms with Crippen LogP contribution in [0.1, 0.15) is 22.5 Å². The van der Waals surface area contributed by atoms with Crippen LogP contribution in [0.15, 0.2) is 28.7 Å². The molecule has 0 saturated carbocycles. The fourth-order valence-electron chi connectivity index (χ4n) is 2.40. The molecule has 0 fully saturated rings. The van der Waals surface area contributed by atoms with Gasteiger partial charge in [0.15, 0.2) is 0 Å². The van der Waals surface area contributed by atoms with Gasteiger partial charge in [-0.25, -0.2) is 0 Å². The molecule has 1 aromatic carbocycles. The summed E-state index contributed by atoms with van der Waals surface area (Å²) < 4.78 is 3.41. The molecule has 0 aliphatic rings. The Labute approximate surface area is 117 Å². The quantitative estimate of drug-likeness (QED) is 0.921. The molecule has 0 unspecified atom stereocenters. The molecule has 2 aromatic rings. The van der Waals surface area contributed by atoms with E-state index in [1.807, 2.05) is 0 Å². The van der Waals surface area contributed by atoms with E-state index < -0.39 is 0 Å². The van der Waals surface area contributed by atoms with Crippen molar-refractivity contribution in [3.63, 3.8) is 0 Å². The standard InChI is InChI=1S/C15H19BrN2/c1-10-4-5-15(14(16)8-10)18-11(2)9-13(6-7-17)12(18)3/h4-5,8-9H,6-7,17H2,1-3H3. The van der Waals surface area contributed by atoms with Gasteiger partial charge in [-0.3, -0.25) is 0 Å². The molecule has 0 bridgehead atoms. The third-order valence-corrected chi connectivity index (χ3v) is 3.93. The highest BCUT2D eigenvalue weighted by atomic mass is 79.9. The summed E-state index contributed by atoms with van der Waals surface area (Å²) in [5, 5.41) is 0. The average molecular weight is 307 g/mol. The molecule has 18 heavy (non-hydrogen) atoms. The van der Waals surface area contributed by atoms with Crippen LogP contribution in [0.2, 0.25) is 0 Å². The zero-order chi connectivity index (χ0) is 13.3. The first-order chi connectivity index (χ1) is 8.54. The summed E-state index contributed by atoms with van der Waals surface area (Å²) >= 11 is 3.65. The molecule has 0 spiro atoms. The average Bonchev–Trinajstić information content (AvgIpc) is 2.56. The van der Waals surface area contributed by atoms with Crippen LogP contribution in [0.25, 0.3) is 5.69 Å². The van der Waals surface area contributed by atoms with Gasteiger partial charge in [0.05, 0.1) is 5.69 Å². The predicted molar refractivity (Wildman–Crippen MR) is 80.4 cm³/mol. The molecule has 0 amide bonds. The number of hydrogen-bond donors (Lipinski definition) is 1. The third-order valence-electron chi connectivity index (χ3n) is 3.29. The van der Waals surface area contributed by atoms with Gasteiger partial charge in [0.1, 0.15) is 0 Å². The maximum atomic E-state index is 5.66. The van der Waals surface area contributed by atoms with Gasteiger partial charge in [-0.1, -0.05) is 6.07 Å². The van der Waals surface area contributed by atoms with Gasteiger partial charge in [0.25, 0.3) is 0 Å². The molecule has 1 aromatic heterocycles. The lowest BCUT2D eigenvalue weighted by Gasteiger charge is -2.12. The number of nitrogens with two attached hydrogens (primary N) is 1. The largest absolute Gasteiger partial charge is 0.330 e. The van der Waals surface area contributed by atoms with Gasteiger partial charge < -0.3 is 10.3 Å². The second-order valence-corrected chi connectivity index (χ2v) is 5.58. The fraction of sp³-hybridized carbons (Fsp3) is 0.333. The molecular formula is C15H19BrN2. The normalized spacial score (nSPS) is 10.9. The van der Waals surface area contributed by atoms with Gasteiger partial charge in [0, 0.05) is 15.9 Å². The number of halogens is 1. The Morgan fingerprint density at radius 1 is 1.17 bits per heavy atom. The van der Waals surface area contributed by atoms with Crippen molar-refractivity contribution in [1.29, 1.82) is 0 Å². The summed E-state index contributed by atoms with van der Waals surface area (Å²) in [6, 6.07) is 8.68. The lowest BCUT2D eigenvalue weighted by Crippen LogP contribution is -2.05. The second-order valence-electron chi connectivity index (χ2n) is 4.73. The van der Waals surface area contributed by atoms with Crippen molar-refractivity contribution >= 4 is 15.9 Å². The van der Waals surface area contributed by atoms with E-state index in [0.717, 1.165) is 10.9 Å². The highest BCUT2D eigenvalue weighted by Crippen LogP contribution is 2.27. The molecule has 0 saturated heterocycles. The van der Waals surface area contributed by atoms with Gasteiger partial charge >= 0.3 is 0 Å². The van der Waals surface area contributed by atoms with Crippen molar-refractivity contribution in [1.82, 2.24) is 4.57 Å². The molecule has 0 atom stereocenters. The Bertz CT molecular complexity index is 570. The fourth-order valence-corrected chi connectivity index (χ4v) is 3.07. The molecule has 0 radical (unpaired) electrons. The Morgan fingerprint density at radius 2 is 1.89 bits per heavy atom. The lowest BCUT2D eigenvalue weighted by atomic mass is 10.2. The minimum absolute atomic E-state index is 0.694. The maximum absolute atomic E-state index is 5.66. The number of rotatable bonds is 3. The van der Waals surface area contributed by atoms with Crippen molar-refractivity contribution in [2.45, 2.75) is 27.2 Å². The highest BCUT2D eigenvalue weighted by molar-refractivity contribution is 9.10. The number of benzene rings is 1. The van der Waals surface area contributed by atoms with Crippen molar-refractivity contribution in [3.8, 4) is 5.69 Å². The second kappa shape index (κ2) is 5.29. The molecule has 96 valence electrons. The Hall–Kier alpha value is -1.06. The maximum Gasteiger partial charge on any atom is 0.0597 e. The molecule has 3 heteroatoms. The molecule has 2 rings (SSSR count). The summed E-state index contributed by atoms with van der Waals surface area (Å²) in [7, 11) is 0. The van der Waals surface area contributed by atoms with E-state index in [0.29, 0.717) is 6.54 Å². The molecule has 0 aliphatic heterocycles. The monoisotopic (exact) mass is 306 g/mol. The summed E-state index contributed by atoms with van der Waals surface area (Å²) in [5.74, 6) is 0. The molecular weight excluding hydrogens is 288 g/mol. The topological polar surface area (TPSA) is 30.9 Å². The summed E-state index contributed by atoms with van der Waals surface area (Å²) in [5.41, 5.74) is 12.0. The summed E-state index contributed by atoms with van der Waals surface area (Å²) in [6.45, 7) is 7.09. The Morgan fingerprint density at radius 3 is 2.50 bits per heavy atom. The van der Waals surface area contributed by atoms with E-state index in [4.69, 9.17) is 5.73 Å². The Balaban J connectivity index is 2.56. The summed E-state index contributed by atoms with van der Waals surface area (Å²) in [4.78, 5) is 0. The van der Waals surface area contributed by atoms with Crippen molar-refractivity contribution in [2.24, 2.45) is 5.73 Å². The molecule has 1 heterocycles. The van der Waals surface area contributed by atoms with Crippen LogP contribution in [-0.2, 0) is 6.42 Å². The van der Waals surface area contributed by atoms with Crippen LogP contribution in [0, 0.1) is 20.8 Å². The minimum atomic E-state index is 0.694. The third kappa shape index (κ3) is 2.38. The highest BCUT2D eigenvalue weighted by Gasteiger charge is 2.12. The predicted octanol–water partition coefficient (Wildman–Crippen LogP) is 3.67. The first-order valence-corrected chi connectivity index (χ1v) is 6.98. The van der Waals surface area contributed by atoms with Crippen LogP contribution in [0.4, 0.5) is 0 Å². The van der Waals surface area contributed by atoms with E-state index in [9.17, 15) is 0 Å². The lowest BCUT2D eigenvalue weighted by molar-refractivity contribution is 0.917. The van der Waals surface area contributed by atoms with Gasteiger partial charge in [-0.15, -0.1) is 0 Å². The first-order valence-electron chi connectivity index (χ1n) is 6.19. The van der Waals surface area contributed by atoms with Crippen LogP contribution >= 0.6 is 15.9 Å². The van der Waals surface area contributed by atoms with E-state index in [1.54, 1.807) is 0 Å². The van der Waals surface area contributed by atoms with Gasteiger partial charge in [-0.2, -0.15) is 0 Å². The zero-order valence-corrected chi connectivity index (χ0v) is 12.7. The first kappa shape index (κ1) is 13.4. The minimum Gasteiger partial charge on any atom is -0.330 e. The smallest absolute Gasteiger partial charge is 0.0597 e. The van der Waals surface area contributed by atoms with Crippen molar-refractivity contribution < 1.29 is 0 Å². The van der Waals surface area contributed by atoms with Gasteiger partial charge in [0.2, 0.25) is 0 Å². The van der Waals surface area contributed by atoms with E-state index in [-0.39, 0.29) is 0 Å². The summed E-state index contributed by atoms with van der Waals surface area (Å²) in [6.07, 6.45) is 0.934. The van der Waals surface area contributed by atoms with Crippen molar-refractivity contribution in [2.75, 3.05) is 6.54 Å². The van der Waals surface area contributed by atoms with E-state index in [2.05, 4.69) is 65.5 Å². The van der Waals surface area contributed by atoms with Crippen LogP contribution in [-0.4, -0.2) is 11.1 Å². The number of hydrogen-bond acceptors (Lipinski definition) is 1. The van der Waals surface area contributed by atoms with E-state index >= 15 is 0 Å². The SMILES string of the molecule is Cc1ccc(-n2c(C)cc(CCN)c2C)c(Br)c1. The number of nitrogens with zero attached hydrogens (tertiary/aromatic N) is 1.